The van der Waals surface area contributed by atoms with E-state index in [0.29, 0.717) is 24.2 Å². The van der Waals surface area contributed by atoms with Crippen molar-refractivity contribution in [2.45, 2.75) is 26.2 Å². The van der Waals surface area contributed by atoms with Crippen LogP contribution in [0.4, 0.5) is 5.82 Å². The molecule has 0 saturated carbocycles. The summed E-state index contributed by atoms with van der Waals surface area (Å²) < 4.78 is 1.77. The van der Waals surface area contributed by atoms with E-state index in [-0.39, 0.29) is 0 Å². The van der Waals surface area contributed by atoms with Crippen molar-refractivity contribution < 1.29 is 4.79 Å². The van der Waals surface area contributed by atoms with Gasteiger partial charge in [0.15, 0.2) is 5.65 Å². The fourth-order valence-corrected chi connectivity index (χ4v) is 4.35. The van der Waals surface area contributed by atoms with Crippen LogP contribution in [0.1, 0.15) is 26.2 Å². The number of carbonyl (C=O) groups excluding carboxylic acids is 1. The molecule has 1 amide bonds. The minimum atomic E-state index is 0.301. The van der Waals surface area contributed by atoms with Crippen molar-refractivity contribution in [1.29, 1.82) is 0 Å². The molecule has 2 aromatic heterocycles. The lowest BCUT2D eigenvalue weighted by molar-refractivity contribution is -0.132. The fourth-order valence-electron chi connectivity index (χ4n) is 4.35. The molecule has 0 radical (unpaired) electrons. The highest BCUT2D eigenvalue weighted by Gasteiger charge is 2.27. The Morgan fingerprint density at radius 1 is 1.22 bits per heavy atom. The third-order valence-electron chi connectivity index (χ3n) is 6.13. The summed E-state index contributed by atoms with van der Waals surface area (Å²) in [4.78, 5) is 25.8. The highest BCUT2D eigenvalue weighted by Crippen LogP contribution is 2.26. The number of aryl methyl sites for hydroxylation is 1. The smallest absolute Gasteiger partial charge is 0.222 e. The van der Waals surface area contributed by atoms with Gasteiger partial charge in [0.05, 0.1) is 11.6 Å². The fraction of sp³-hybridized carbons (Fsp3) is 0.684. The van der Waals surface area contributed by atoms with E-state index in [1.54, 1.807) is 11.0 Å². The topological polar surface area (TPSA) is 79.2 Å². The number of nitrogens with one attached hydrogen (secondary N) is 1. The molecule has 0 aliphatic carbocycles. The standard InChI is InChI=1S/C19H29N7O/c1-14(15-3-5-20-6-4-15)11-17(27)25-7-9-26(10-8-25)19-16-12-23-24(2)18(16)21-13-22-19/h12-15,20H,3-11H2,1-2H3. The molecule has 8 nitrogen and oxygen atoms in total. The van der Waals surface area contributed by atoms with Gasteiger partial charge < -0.3 is 15.1 Å². The van der Waals surface area contributed by atoms with Crippen LogP contribution < -0.4 is 10.2 Å². The van der Waals surface area contributed by atoms with E-state index in [2.05, 4.69) is 32.2 Å². The second-order valence-corrected chi connectivity index (χ2v) is 7.84. The van der Waals surface area contributed by atoms with Crippen molar-refractivity contribution >= 4 is 22.8 Å². The molecular formula is C19H29N7O. The van der Waals surface area contributed by atoms with Crippen LogP contribution in [0.3, 0.4) is 0 Å². The van der Waals surface area contributed by atoms with Gasteiger partial charge in [-0.1, -0.05) is 6.92 Å². The summed E-state index contributed by atoms with van der Waals surface area (Å²) in [6, 6.07) is 0. The summed E-state index contributed by atoms with van der Waals surface area (Å²) in [5, 5.41) is 8.67. The maximum absolute atomic E-state index is 12.8. The molecule has 4 rings (SSSR count). The van der Waals surface area contributed by atoms with Crippen LogP contribution in [0.2, 0.25) is 0 Å². The van der Waals surface area contributed by atoms with Gasteiger partial charge in [0.25, 0.3) is 0 Å². The van der Waals surface area contributed by atoms with Gasteiger partial charge in [0.2, 0.25) is 5.91 Å². The van der Waals surface area contributed by atoms with Crippen LogP contribution in [-0.2, 0) is 11.8 Å². The Kier molecular flexibility index (Phi) is 5.24. The van der Waals surface area contributed by atoms with Crippen LogP contribution in [-0.4, -0.2) is 69.8 Å². The Morgan fingerprint density at radius 3 is 2.70 bits per heavy atom. The third-order valence-corrected chi connectivity index (χ3v) is 6.13. The number of aromatic nitrogens is 4. The molecule has 146 valence electrons. The van der Waals surface area contributed by atoms with E-state index < -0.39 is 0 Å². The van der Waals surface area contributed by atoms with Crippen molar-refractivity contribution in [3.63, 3.8) is 0 Å². The molecule has 1 atom stereocenters. The summed E-state index contributed by atoms with van der Waals surface area (Å²) in [6.07, 6.45) is 6.47. The highest BCUT2D eigenvalue weighted by atomic mass is 16.2. The molecule has 8 heteroatoms. The zero-order valence-corrected chi connectivity index (χ0v) is 16.3. The van der Waals surface area contributed by atoms with Gasteiger partial charge in [0, 0.05) is 39.6 Å². The average molecular weight is 371 g/mol. The first-order chi connectivity index (χ1) is 13.1. The normalized spacial score (nSPS) is 20.2. The SMILES string of the molecule is CC(CC(=O)N1CCN(c2ncnc3c2cnn3C)CC1)C1CCNCC1. The number of piperidine rings is 1. The molecule has 2 fully saturated rings. The zero-order valence-electron chi connectivity index (χ0n) is 16.3. The number of rotatable bonds is 4. The van der Waals surface area contributed by atoms with Gasteiger partial charge in [-0.3, -0.25) is 9.48 Å². The van der Waals surface area contributed by atoms with Gasteiger partial charge in [-0.2, -0.15) is 5.10 Å². The first-order valence-electron chi connectivity index (χ1n) is 9.99. The largest absolute Gasteiger partial charge is 0.352 e. The maximum atomic E-state index is 12.8. The molecule has 2 aromatic rings. The van der Waals surface area contributed by atoms with Gasteiger partial charge in [0.1, 0.15) is 12.1 Å². The van der Waals surface area contributed by atoms with E-state index in [0.717, 1.165) is 56.1 Å². The first-order valence-corrected chi connectivity index (χ1v) is 9.99. The summed E-state index contributed by atoms with van der Waals surface area (Å²) in [5.41, 5.74) is 0.842. The predicted octanol–water partition coefficient (Wildman–Crippen LogP) is 1.04. The van der Waals surface area contributed by atoms with Crippen molar-refractivity contribution in [2.24, 2.45) is 18.9 Å². The third kappa shape index (κ3) is 3.76. The molecule has 2 saturated heterocycles. The average Bonchev–Trinajstić information content (AvgIpc) is 3.10. The van der Waals surface area contributed by atoms with E-state index in [4.69, 9.17) is 0 Å². The Bertz CT molecular complexity index is 790. The number of carbonyl (C=O) groups is 1. The second kappa shape index (κ2) is 7.80. The maximum Gasteiger partial charge on any atom is 0.222 e. The quantitative estimate of drug-likeness (QED) is 0.865. The van der Waals surface area contributed by atoms with Crippen molar-refractivity contribution in [3.8, 4) is 0 Å². The molecule has 1 unspecified atom stereocenters. The summed E-state index contributed by atoms with van der Waals surface area (Å²) in [5.74, 6) is 2.36. The summed E-state index contributed by atoms with van der Waals surface area (Å²) in [7, 11) is 1.89. The van der Waals surface area contributed by atoms with Crippen LogP contribution >= 0.6 is 0 Å². The minimum Gasteiger partial charge on any atom is -0.352 e. The number of hydrogen-bond donors (Lipinski definition) is 1. The Hall–Kier alpha value is -2.22. The molecule has 1 N–H and O–H groups in total. The van der Waals surface area contributed by atoms with Crippen molar-refractivity contribution in [3.05, 3.63) is 12.5 Å². The van der Waals surface area contributed by atoms with Crippen LogP contribution in [0.25, 0.3) is 11.0 Å². The van der Waals surface area contributed by atoms with Gasteiger partial charge in [-0.25, -0.2) is 9.97 Å². The molecule has 2 aliphatic rings. The number of anilines is 1. The lowest BCUT2D eigenvalue weighted by Crippen LogP contribution is -2.49. The van der Waals surface area contributed by atoms with Gasteiger partial charge >= 0.3 is 0 Å². The van der Waals surface area contributed by atoms with E-state index in [1.807, 2.05) is 18.1 Å². The zero-order chi connectivity index (χ0) is 18.8. The number of piperazine rings is 1. The highest BCUT2D eigenvalue weighted by molar-refractivity contribution is 5.86. The van der Waals surface area contributed by atoms with Crippen LogP contribution in [0, 0.1) is 11.8 Å². The van der Waals surface area contributed by atoms with Crippen molar-refractivity contribution in [1.82, 2.24) is 30.0 Å². The van der Waals surface area contributed by atoms with Gasteiger partial charge in [-0.05, 0) is 37.8 Å². The molecule has 4 heterocycles. The second-order valence-electron chi connectivity index (χ2n) is 7.84. The Balaban J connectivity index is 1.35. The summed E-state index contributed by atoms with van der Waals surface area (Å²) in [6.45, 7) is 7.52. The summed E-state index contributed by atoms with van der Waals surface area (Å²) >= 11 is 0. The molecule has 0 spiro atoms. The monoisotopic (exact) mass is 371 g/mol. The molecule has 2 aliphatic heterocycles. The Morgan fingerprint density at radius 2 is 1.96 bits per heavy atom. The number of nitrogens with zero attached hydrogens (tertiary/aromatic N) is 6. The van der Waals surface area contributed by atoms with Crippen molar-refractivity contribution in [2.75, 3.05) is 44.2 Å². The van der Waals surface area contributed by atoms with E-state index in [9.17, 15) is 4.79 Å². The minimum absolute atomic E-state index is 0.301. The first kappa shape index (κ1) is 18.2. The van der Waals surface area contributed by atoms with Crippen LogP contribution in [0.15, 0.2) is 12.5 Å². The van der Waals surface area contributed by atoms with Gasteiger partial charge in [-0.15, -0.1) is 0 Å². The number of amides is 1. The van der Waals surface area contributed by atoms with E-state index in [1.165, 1.54) is 12.8 Å². The lowest BCUT2D eigenvalue weighted by Gasteiger charge is -2.36. The number of fused-ring (bicyclic) bond motifs is 1. The molecular weight excluding hydrogens is 342 g/mol. The Labute approximate surface area is 159 Å². The molecule has 27 heavy (non-hydrogen) atoms. The molecule has 0 aromatic carbocycles. The van der Waals surface area contributed by atoms with E-state index >= 15 is 0 Å². The predicted molar refractivity (Wildman–Crippen MR) is 104 cm³/mol. The lowest BCUT2D eigenvalue weighted by atomic mass is 9.84. The van der Waals surface area contributed by atoms with Crippen LogP contribution in [0.5, 0.6) is 0 Å². The number of hydrogen-bond acceptors (Lipinski definition) is 6. The molecule has 0 bridgehead atoms.